The van der Waals surface area contributed by atoms with E-state index in [1.54, 1.807) is 0 Å². The molecule has 0 unspecified atom stereocenters. The van der Waals surface area contributed by atoms with E-state index < -0.39 is 0 Å². The first-order valence-electron chi connectivity index (χ1n) is 5.22. The fraction of sp³-hybridized carbons (Fsp3) is 0.417. The first-order valence-corrected chi connectivity index (χ1v) is 5.22. The predicted molar refractivity (Wildman–Crippen MR) is 59.1 cm³/mol. The molecule has 3 heteroatoms. The lowest BCUT2D eigenvalue weighted by Crippen LogP contribution is -2.22. The average molecular weight is 207 g/mol. The summed E-state index contributed by atoms with van der Waals surface area (Å²) in [4.78, 5) is 11.2. The van der Waals surface area contributed by atoms with Crippen LogP contribution < -0.4 is 5.32 Å². The maximum absolute atomic E-state index is 11.2. The minimum absolute atomic E-state index is 0.0137. The largest absolute Gasteiger partial charge is 0.392 e. The van der Waals surface area contributed by atoms with E-state index in [4.69, 9.17) is 5.11 Å². The van der Waals surface area contributed by atoms with Gasteiger partial charge in [0.25, 0.3) is 0 Å². The van der Waals surface area contributed by atoms with Gasteiger partial charge in [0.2, 0.25) is 5.91 Å². The van der Waals surface area contributed by atoms with E-state index >= 15 is 0 Å². The summed E-state index contributed by atoms with van der Waals surface area (Å²) in [6.07, 6.45) is 1.41. The minimum Gasteiger partial charge on any atom is -0.392 e. The molecule has 0 radical (unpaired) electrons. The molecular weight excluding hydrogens is 190 g/mol. The molecule has 3 nitrogen and oxygen atoms in total. The summed E-state index contributed by atoms with van der Waals surface area (Å²) in [6, 6.07) is 7.56. The third-order valence-corrected chi connectivity index (χ3v) is 2.24. The summed E-state index contributed by atoms with van der Waals surface area (Å²) < 4.78 is 0. The lowest BCUT2D eigenvalue weighted by molar-refractivity contribution is -0.121. The molecule has 0 spiro atoms. The van der Waals surface area contributed by atoms with Gasteiger partial charge in [-0.3, -0.25) is 4.79 Å². The number of rotatable bonds is 5. The Labute approximate surface area is 90.1 Å². The lowest BCUT2D eigenvalue weighted by Gasteiger charge is -2.08. The normalized spacial score (nSPS) is 10.0. The quantitative estimate of drug-likeness (QED) is 0.770. The van der Waals surface area contributed by atoms with Crippen LogP contribution in [0.4, 0.5) is 0 Å². The molecule has 15 heavy (non-hydrogen) atoms. The number of aliphatic hydroxyl groups is 1. The molecule has 1 aromatic carbocycles. The Morgan fingerprint density at radius 1 is 1.33 bits per heavy atom. The van der Waals surface area contributed by atoms with Crippen molar-refractivity contribution in [2.75, 3.05) is 0 Å². The standard InChI is InChI=1S/C12H17NO2/c1-2-5-12(15)13-8-10-6-3-4-7-11(10)9-14/h3-4,6-7,14H,2,5,8-9H2,1H3,(H,13,15). The van der Waals surface area contributed by atoms with Crippen LogP contribution in [0.5, 0.6) is 0 Å². The third-order valence-electron chi connectivity index (χ3n) is 2.24. The van der Waals surface area contributed by atoms with E-state index in [1.165, 1.54) is 0 Å². The smallest absolute Gasteiger partial charge is 0.220 e. The van der Waals surface area contributed by atoms with Crippen LogP contribution in [0.15, 0.2) is 24.3 Å². The molecule has 2 N–H and O–H groups in total. The predicted octanol–water partition coefficient (Wildman–Crippen LogP) is 1.60. The monoisotopic (exact) mass is 207 g/mol. The van der Waals surface area contributed by atoms with Crippen LogP contribution in [0.2, 0.25) is 0 Å². The summed E-state index contributed by atoms with van der Waals surface area (Å²) in [7, 11) is 0. The van der Waals surface area contributed by atoms with Gasteiger partial charge in [0, 0.05) is 13.0 Å². The van der Waals surface area contributed by atoms with Gasteiger partial charge in [0.1, 0.15) is 0 Å². The minimum atomic E-state index is 0.0137. The lowest BCUT2D eigenvalue weighted by atomic mass is 10.1. The summed E-state index contributed by atoms with van der Waals surface area (Å²) in [5, 5.41) is 11.9. The second-order valence-electron chi connectivity index (χ2n) is 3.45. The van der Waals surface area contributed by atoms with Crippen LogP contribution in [0.1, 0.15) is 30.9 Å². The van der Waals surface area contributed by atoms with Gasteiger partial charge in [-0.2, -0.15) is 0 Å². The van der Waals surface area contributed by atoms with Crippen LogP contribution in [0, 0.1) is 0 Å². The first-order chi connectivity index (χ1) is 7.27. The number of hydrogen-bond donors (Lipinski definition) is 2. The van der Waals surface area contributed by atoms with E-state index in [0.717, 1.165) is 17.5 Å². The zero-order chi connectivity index (χ0) is 11.1. The highest BCUT2D eigenvalue weighted by Gasteiger charge is 2.02. The molecule has 0 bridgehead atoms. The number of nitrogens with one attached hydrogen (secondary N) is 1. The second-order valence-corrected chi connectivity index (χ2v) is 3.45. The van der Waals surface area contributed by atoms with Gasteiger partial charge < -0.3 is 10.4 Å². The van der Waals surface area contributed by atoms with Crippen LogP contribution >= 0.6 is 0 Å². The zero-order valence-electron chi connectivity index (χ0n) is 8.99. The molecule has 0 aliphatic rings. The van der Waals surface area contributed by atoms with Crippen molar-refractivity contribution in [2.45, 2.75) is 32.9 Å². The van der Waals surface area contributed by atoms with Crippen molar-refractivity contribution in [3.05, 3.63) is 35.4 Å². The summed E-state index contributed by atoms with van der Waals surface area (Å²) >= 11 is 0. The SMILES string of the molecule is CCCC(=O)NCc1ccccc1CO. The van der Waals surface area contributed by atoms with E-state index in [2.05, 4.69) is 5.32 Å². The molecule has 0 aromatic heterocycles. The van der Waals surface area contributed by atoms with Crippen molar-refractivity contribution in [1.82, 2.24) is 5.32 Å². The molecule has 0 heterocycles. The number of aliphatic hydroxyl groups excluding tert-OH is 1. The zero-order valence-corrected chi connectivity index (χ0v) is 8.99. The fourth-order valence-corrected chi connectivity index (χ4v) is 1.39. The molecule has 0 atom stereocenters. The van der Waals surface area contributed by atoms with Crippen LogP contribution in [0.25, 0.3) is 0 Å². The Balaban J connectivity index is 2.53. The molecular formula is C12H17NO2. The Hall–Kier alpha value is -1.35. The van der Waals surface area contributed by atoms with Gasteiger partial charge in [-0.1, -0.05) is 31.2 Å². The van der Waals surface area contributed by atoms with Gasteiger partial charge in [-0.15, -0.1) is 0 Å². The van der Waals surface area contributed by atoms with Gasteiger partial charge in [-0.05, 0) is 17.5 Å². The molecule has 1 rings (SSSR count). The molecule has 0 saturated heterocycles. The Kier molecular flexibility index (Phi) is 4.84. The first kappa shape index (κ1) is 11.7. The highest BCUT2D eigenvalue weighted by Crippen LogP contribution is 2.08. The number of carbonyl (C=O) groups is 1. The van der Waals surface area contributed by atoms with Crippen LogP contribution in [0.3, 0.4) is 0 Å². The molecule has 0 fully saturated rings. The number of benzene rings is 1. The number of amides is 1. The molecule has 0 saturated carbocycles. The van der Waals surface area contributed by atoms with Crippen molar-refractivity contribution in [3.63, 3.8) is 0 Å². The van der Waals surface area contributed by atoms with Crippen molar-refractivity contribution in [1.29, 1.82) is 0 Å². The molecule has 82 valence electrons. The Morgan fingerprint density at radius 3 is 2.60 bits per heavy atom. The number of hydrogen-bond acceptors (Lipinski definition) is 2. The van der Waals surface area contributed by atoms with E-state index in [0.29, 0.717) is 13.0 Å². The van der Waals surface area contributed by atoms with Crippen molar-refractivity contribution < 1.29 is 9.90 Å². The van der Waals surface area contributed by atoms with Crippen molar-refractivity contribution in [2.24, 2.45) is 0 Å². The van der Waals surface area contributed by atoms with Crippen molar-refractivity contribution >= 4 is 5.91 Å². The van der Waals surface area contributed by atoms with Gasteiger partial charge in [0.05, 0.1) is 6.61 Å². The van der Waals surface area contributed by atoms with Crippen LogP contribution in [-0.4, -0.2) is 11.0 Å². The molecule has 0 aliphatic heterocycles. The van der Waals surface area contributed by atoms with E-state index in [9.17, 15) is 4.79 Å². The maximum Gasteiger partial charge on any atom is 0.220 e. The van der Waals surface area contributed by atoms with Crippen LogP contribution in [-0.2, 0) is 17.9 Å². The summed E-state index contributed by atoms with van der Waals surface area (Å²) in [5.74, 6) is 0.0604. The highest BCUT2D eigenvalue weighted by atomic mass is 16.3. The van der Waals surface area contributed by atoms with E-state index in [1.807, 2.05) is 31.2 Å². The summed E-state index contributed by atoms with van der Waals surface area (Å²) in [5.41, 5.74) is 1.85. The highest BCUT2D eigenvalue weighted by molar-refractivity contribution is 5.75. The van der Waals surface area contributed by atoms with Crippen molar-refractivity contribution in [3.8, 4) is 0 Å². The summed E-state index contributed by atoms with van der Waals surface area (Å²) in [6.45, 7) is 2.48. The Morgan fingerprint density at radius 2 is 2.00 bits per heavy atom. The second kappa shape index (κ2) is 6.19. The third kappa shape index (κ3) is 3.72. The molecule has 0 aliphatic carbocycles. The fourth-order valence-electron chi connectivity index (χ4n) is 1.39. The van der Waals surface area contributed by atoms with Gasteiger partial charge in [-0.25, -0.2) is 0 Å². The number of carbonyl (C=O) groups excluding carboxylic acids is 1. The molecule has 1 amide bonds. The van der Waals surface area contributed by atoms with Gasteiger partial charge in [0.15, 0.2) is 0 Å². The van der Waals surface area contributed by atoms with Gasteiger partial charge >= 0.3 is 0 Å². The maximum atomic E-state index is 11.2. The van der Waals surface area contributed by atoms with E-state index in [-0.39, 0.29) is 12.5 Å². The average Bonchev–Trinajstić information content (AvgIpc) is 2.27. The topological polar surface area (TPSA) is 49.3 Å². The Bertz CT molecular complexity index is 323. The molecule has 1 aromatic rings.